The summed E-state index contributed by atoms with van der Waals surface area (Å²) in [4.78, 5) is 30.1. The number of hydrogen-bond acceptors (Lipinski definition) is 5. The van der Waals surface area contributed by atoms with Gasteiger partial charge in [-0.1, -0.05) is 18.2 Å². The number of nitrogens with zero attached hydrogens (tertiary/aromatic N) is 5. The van der Waals surface area contributed by atoms with E-state index in [4.69, 9.17) is 10.8 Å². The van der Waals surface area contributed by atoms with Gasteiger partial charge in [0.1, 0.15) is 11.9 Å². The van der Waals surface area contributed by atoms with Gasteiger partial charge < -0.3 is 25.2 Å². The first-order valence-electron chi connectivity index (χ1n) is 17.0. The lowest BCUT2D eigenvalue weighted by Gasteiger charge is -2.42. The molecule has 2 amide bonds. The minimum atomic E-state index is -1.11. The van der Waals surface area contributed by atoms with Crippen LogP contribution in [0, 0.1) is 18.8 Å². The Morgan fingerprint density at radius 2 is 1.78 bits per heavy atom. The van der Waals surface area contributed by atoms with Crippen LogP contribution in [0.1, 0.15) is 72.3 Å². The first-order chi connectivity index (χ1) is 22.2. The van der Waals surface area contributed by atoms with Gasteiger partial charge in [0.2, 0.25) is 5.91 Å². The van der Waals surface area contributed by atoms with Crippen molar-refractivity contribution < 1.29 is 19.1 Å². The molecule has 242 valence electrons. The number of nitrogens with two attached hydrogens (primary N) is 1. The molecule has 46 heavy (non-hydrogen) atoms. The Bertz CT molecular complexity index is 1800. The van der Waals surface area contributed by atoms with Crippen LogP contribution in [0.2, 0.25) is 0 Å². The highest BCUT2D eigenvalue weighted by Crippen LogP contribution is 2.41. The first-order valence-corrected chi connectivity index (χ1v) is 17.0. The third-order valence-corrected chi connectivity index (χ3v) is 10.9. The molecule has 0 bridgehead atoms. The van der Waals surface area contributed by atoms with Gasteiger partial charge in [-0.05, 0) is 81.5 Å². The molecule has 2 saturated heterocycles. The minimum absolute atomic E-state index is 0.0392. The molecule has 3 aromatic heterocycles. The zero-order chi connectivity index (χ0) is 31.7. The highest BCUT2D eigenvalue weighted by molar-refractivity contribution is 5.95. The van der Waals surface area contributed by atoms with E-state index >= 15 is 0 Å². The number of pyridine rings is 1. The summed E-state index contributed by atoms with van der Waals surface area (Å²) >= 11 is 0. The molecule has 0 spiro atoms. The lowest BCUT2D eigenvalue weighted by Crippen LogP contribution is -2.51. The van der Waals surface area contributed by atoms with Gasteiger partial charge in [-0.25, -0.2) is 8.91 Å². The summed E-state index contributed by atoms with van der Waals surface area (Å²) in [5, 5.41) is 16.1. The molecule has 1 aromatic carbocycles. The number of aromatic nitrogens is 3. The third-order valence-electron chi connectivity index (χ3n) is 10.9. The maximum Gasteiger partial charge on any atom is 0.255 e. The Kier molecular flexibility index (Phi) is 7.40. The lowest BCUT2D eigenvalue weighted by molar-refractivity contribution is -0.141. The van der Waals surface area contributed by atoms with E-state index in [9.17, 15) is 19.1 Å². The number of halogens is 1. The molecule has 4 aromatic rings. The van der Waals surface area contributed by atoms with Crippen LogP contribution in [0.3, 0.4) is 0 Å². The summed E-state index contributed by atoms with van der Waals surface area (Å²) in [7, 11) is 0. The number of carbonyl (C=O) groups excluding carboxylic acids is 2. The number of alkyl halides is 1. The highest BCUT2D eigenvalue weighted by atomic mass is 19.1. The largest absolute Gasteiger partial charge is 0.393 e. The number of carbonyl (C=O) groups is 2. The molecule has 2 atom stereocenters. The molecule has 2 saturated carbocycles. The fourth-order valence-electron chi connectivity index (χ4n) is 8.03. The molecule has 2 aliphatic heterocycles. The predicted octanol–water partition coefficient (Wildman–Crippen LogP) is 4.66. The second-order valence-corrected chi connectivity index (χ2v) is 14.3. The fraction of sp³-hybridized carbons (Fsp3) is 0.528. The van der Waals surface area contributed by atoms with Crippen LogP contribution in [-0.4, -0.2) is 85.4 Å². The van der Waals surface area contributed by atoms with Gasteiger partial charge >= 0.3 is 0 Å². The van der Waals surface area contributed by atoms with Crippen molar-refractivity contribution in [3.63, 3.8) is 0 Å². The second-order valence-electron chi connectivity index (χ2n) is 14.3. The molecule has 2 aliphatic carbocycles. The smallest absolute Gasteiger partial charge is 0.255 e. The normalized spacial score (nSPS) is 25.7. The molecule has 3 N–H and O–H groups in total. The van der Waals surface area contributed by atoms with E-state index in [1.54, 1.807) is 16.8 Å². The highest BCUT2D eigenvalue weighted by Gasteiger charge is 2.38. The van der Waals surface area contributed by atoms with E-state index in [0.29, 0.717) is 18.0 Å². The summed E-state index contributed by atoms with van der Waals surface area (Å²) < 4.78 is 18.4. The average molecular weight is 627 g/mol. The Balaban J connectivity index is 1.11. The number of likely N-dealkylation sites (tertiary alicyclic amines) is 2. The molecule has 4 fully saturated rings. The van der Waals surface area contributed by atoms with Crippen molar-refractivity contribution in [1.82, 2.24) is 24.0 Å². The van der Waals surface area contributed by atoms with Crippen molar-refractivity contribution in [3.8, 4) is 11.4 Å². The van der Waals surface area contributed by atoms with Gasteiger partial charge in [-0.2, -0.15) is 5.10 Å². The number of piperidine rings is 1. The number of hydrogen-bond donors (Lipinski definition) is 2. The van der Waals surface area contributed by atoms with Crippen molar-refractivity contribution in [3.05, 3.63) is 59.3 Å². The van der Waals surface area contributed by atoms with E-state index in [2.05, 4.69) is 35.8 Å². The van der Waals surface area contributed by atoms with Gasteiger partial charge in [-0.3, -0.25) is 9.59 Å². The van der Waals surface area contributed by atoms with Crippen LogP contribution in [0.4, 0.5) is 4.39 Å². The van der Waals surface area contributed by atoms with E-state index in [0.717, 1.165) is 67.8 Å². The topological polar surface area (TPSA) is 109 Å². The predicted molar refractivity (Wildman–Crippen MR) is 174 cm³/mol. The Morgan fingerprint density at radius 1 is 1.00 bits per heavy atom. The zero-order valence-corrected chi connectivity index (χ0v) is 26.4. The molecular weight excluding hydrogens is 583 g/mol. The number of amides is 2. The SMILES string of the molecule is Cc1c(-c2cc3cccc(C4CN(C(=O)[C@H]5CC[C@@H](O)CC5)C4)c3n2CC2CC2)nn2cc(C(=O)N3C[C@H](N)C[C@@H](F)C3)ccc12. The molecule has 4 aliphatic rings. The number of fused-ring (bicyclic) bond motifs is 2. The monoisotopic (exact) mass is 626 g/mol. The fourth-order valence-corrected chi connectivity index (χ4v) is 8.03. The van der Waals surface area contributed by atoms with E-state index in [-0.39, 0.29) is 48.8 Å². The van der Waals surface area contributed by atoms with Crippen LogP contribution in [0.5, 0.6) is 0 Å². The van der Waals surface area contributed by atoms with Gasteiger partial charge in [0.15, 0.2) is 0 Å². The average Bonchev–Trinajstić information content (AvgIpc) is 3.68. The second kappa shape index (κ2) is 11.5. The van der Waals surface area contributed by atoms with Crippen LogP contribution in [0.25, 0.3) is 27.8 Å². The summed E-state index contributed by atoms with van der Waals surface area (Å²) in [5.74, 6) is 0.981. The van der Waals surface area contributed by atoms with Crippen LogP contribution in [0.15, 0.2) is 42.6 Å². The number of aryl methyl sites for hydroxylation is 1. The van der Waals surface area contributed by atoms with E-state index < -0.39 is 6.17 Å². The zero-order valence-electron chi connectivity index (χ0n) is 26.4. The van der Waals surface area contributed by atoms with Crippen molar-refractivity contribution >= 4 is 28.2 Å². The molecule has 10 heteroatoms. The van der Waals surface area contributed by atoms with Crippen molar-refractivity contribution in [2.24, 2.45) is 17.6 Å². The number of rotatable bonds is 6. The van der Waals surface area contributed by atoms with Crippen molar-refractivity contribution in [1.29, 1.82) is 0 Å². The van der Waals surface area contributed by atoms with Crippen LogP contribution >= 0.6 is 0 Å². The van der Waals surface area contributed by atoms with Gasteiger partial charge in [0.25, 0.3) is 5.91 Å². The Labute approximate surface area is 268 Å². The van der Waals surface area contributed by atoms with Gasteiger partial charge in [-0.15, -0.1) is 0 Å². The summed E-state index contributed by atoms with van der Waals surface area (Å²) in [6.45, 7) is 4.88. The quantitative estimate of drug-likeness (QED) is 0.324. The molecule has 0 radical (unpaired) electrons. The number of aliphatic hydroxyl groups is 1. The van der Waals surface area contributed by atoms with Crippen LogP contribution in [-0.2, 0) is 11.3 Å². The molecule has 8 rings (SSSR count). The summed E-state index contributed by atoms with van der Waals surface area (Å²) in [6.07, 6.45) is 6.11. The molecule has 9 nitrogen and oxygen atoms in total. The Hall–Kier alpha value is -3.76. The van der Waals surface area contributed by atoms with Crippen LogP contribution < -0.4 is 5.73 Å². The van der Waals surface area contributed by atoms with Crippen molar-refractivity contribution in [2.75, 3.05) is 26.2 Å². The molecule has 5 heterocycles. The van der Waals surface area contributed by atoms with E-state index in [1.165, 1.54) is 34.2 Å². The first kappa shape index (κ1) is 29.6. The molecule has 0 unspecified atom stereocenters. The van der Waals surface area contributed by atoms with Gasteiger partial charge in [0, 0.05) is 61.2 Å². The number of benzene rings is 1. The summed E-state index contributed by atoms with van der Waals surface area (Å²) in [5.41, 5.74) is 12.9. The minimum Gasteiger partial charge on any atom is -0.393 e. The maximum atomic E-state index is 14.2. The lowest BCUT2D eigenvalue weighted by atomic mass is 9.83. The Morgan fingerprint density at radius 3 is 2.52 bits per heavy atom. The summed E-state index contributed by atoms with van der Waals surface area (Å²) in [6, 6.07) is 12.1. The van der Waals surface area contributed by atoms with Crippen molar-refractivity contribution in [2.45, 2.75) is 82.6 Å². The maximum absolute atomic E-state index is 14.2. The molecular formula is C36H43FN6O3. The third kappa shape index (κ3) is 5.29. The number of para-hydroxylation sites is 1. The van der Waals surface area contributed by atoms with E-state index in [1.807, 2.05) is 11.0 Å². The standard InChI is InChI=1S/C36H43FN6O3/c1-21-31-12-9-25(36(46)41-19-27(37)14-28(38)20-41)18-43(31)39-33(21)32-13-24-3-2-4-30(34(24)42(32)15-22-5-6-22)26-16-40(17-26)35(45)23-7-10-29(44)11-8-23/h2-4,9,12-13,18,22-23,26-29,44H,5-8,10-11,14-17,19-20,38H2,1H3/t23-,27-,28-,29+/m1/s1. The number of aliphatic hydroxyl groups excluding tert-OH is 1. The van der Waals surface area contributed by atoms with Gasteiger partial charge in [0.05, 0.1) is 34.9 Å².